The highest BCUT2D eigenvalue weighted by Crippen LogP contribution is 2.23. The van der Waals surface area contributed by atoms with Gasteiger partial charge < -0.3 is 14.1 Å². The number of nitrogens with zero attached hydrogens (tertiary/aromatic N) is 1. The summed E-state index contributed by atoms with van der Waals surface area (Å²) >= 11 is 0. The Morgan fingerprint density at radius 1 is 1.42 bits per heavy atom. The highest BCUT2D eigenvalue weighted by Gasteiger charge is 2.31. The van der Waals surface area contributed by atoms with E-state index in [2.05, 4.69) is 0 Å². The average molecular weight is 265 g/mol. The van der Waals surface area contributed by atoms with Gasteiger partial charge in [0, 0.05) is 18.7 Å². The molecule has 1 saturated heterocycles. The summed E-state index contributed by atoms with van der Waals surface area (Å²) in [7, 11) is 1.38. The SMILES string of the molecule is COC(=O)C1CCCN(C(=O)c2c(C)coc2C)C1. The molecule has 2 heterocycles. The molecule has 1 aliphatic heterocycles. The third kappa shape index (κ3) is 2.64. The summed E-state index contributed by atoms with van der Waals surface area (Å²) in [5.74, 6) is 0.119. The lowest BCUT2D eigenvalue weighted by Crippen LogP contribution is -2.42. The Balaban J connectivity index is 2.14. The fourth-order valence-corrected chi connectivity index (χ4v) is 2.57. The lowest BCUT2D eigenvalue weighted by Gasteiger charge is -2.31. The maximum absolute atomic E-state index is 12.5. The molecule has 104 valence electrons. The van der Waals surface area contributed by atoms with Gasteiger partial charge >= 0.3 is 5.97 Å². The van der Waals surface area contributed by atoms with Gasteiger partial charge in [-0.25, -0.2) is 0 Å². The first-order valence-electron chi connectivity index (χ1n) is 6.46. The van der Waals surface area contributed by atoms with Crippen molar-refractivity contribution in [2.24, 2.45) is 5.92 Å². The first-order valence-corrected chi connectivity index (χ1v) is 6.46. The number of rotatable bonds is 2. The van der Waals surface area contributed by atoms with E-state index in [1.54, 1.807) is 18.1 Å². The molecule has 5 nitrogen and oxygen atoms in total. The van der Waals surface area contributed by atoms with Crippen molar-refractivity contribution in [3.05, 3.63) is 23.2 Å². The lowest BCUT2D eigenvalue weighted by molar-refractivity contribution is -0.146. The summed E-state index contributed by atoms with van der Waals surface area (Å²) in [4.78, 5) is 25.8. The summed E-state index contributed by atoms with van der Waals surface area (Å²) in [5, 5.41) is 0. The summed E-state index contributed by atoms with van der Waals surface area (Å²) in [5.41, 5.74) is 1.45. The highest BCUT2D eigenvalue weighted by atomic mass is 16.5. The number of amides is 1. The molecular formula is C14H19NO4. The minimum absolute atomic E-state index is 0.0580. The second-order valence-electron chi connectivity index (χ2n) is 4.96. The number of piperidine rings is 1. The maximum atomic E-state index is 12.5. The number of hydrogen-bond donors (Lipinski definition) is 0. The molecule has 1 unspecified atom stereocenters. The predicted molar refractivity (Wildman–Crippen MR) is 68.8 cm³/mol. The van der Waals surface area contributed by atoms with Crippen molar-refractivity contribution in [1.82, 2.24) is 4.90 Å². The van der Waals surface area contributed by atoms with Crippen LogP contribution < -0.4 is 0 Å². The summed E-state index contributed by atoms with van der Waals surface area (Å²) in [6.45, 7) is 4.74. The number of carbonyl (C=O) groups is 2. The second kappa shape index (κ2) is 5.47. The molecule has 0 aliphatic carbocycles. The summed E-state index contributed by atoms with van der Waals surface area (Å²) in [6.07, 6.45) is 3.19. The number of carbonyl (C=O) groups excluding carboxylic acids is 2. The van der Waals surface area contributed by atoms with Gasteiger partial charge in [0.25, 0.3) is 5.91 Å². The average Bonchev–Trinajstić information content (AvgIpc) is 2.76. The molecule has 0 bridgehead atoms. The van der Waals surface area contributed by atoms with Crippen molar-refractivity contribution in [2.75, 3.05) is 20.2 Å². The molecule has 0 aromatic carbocycles. The monoisotopic (exact) mass is 265 g/mol. The molecule has 1 aliphatic rings. The zero-order chi connectivity index (χ0) is 14.0. The summed E-state index contributed by atoms with van der Waals surface area (Å²) in [6, 6.07) is 0. The molecule has 0 saturated carbocycles. The lowest BCUT2D eigenvalue weighted by atomic mass is 9.97. The second-order valence-corrected chi connectivity index (χ2v) is 4.96. The van der Waals surface area contributed by atoms with Gasteiger partial charge in [-0.3, -0.25) is 9.59 Å². The van der Waals surface area contributed by atoms with Crippen LogP contribution in [0, 0.1) is 19.8 Å². The summed E-state index contributed by atoms with van der Waals surface area (Å²) < 4.78 is 10.0. The predicted octanol–water partition coefficient (Wildman–Crippen LogP) is 1.92. The van der Waals surface area contributed by atoms with E-state index in [1.807, 2.05) is 6.92 Å². The molecule has 1 fully saturated rings. The van der Waals surface area contributed by atoms with E-state index in [9.17, 15) is 9.59 Å². The van der Waals surface area contributed by atoms with Gasteiger partial charge in [-0.05, 0) is 26.7 Å². The third-order valence-corrected chi connectivity index (χ3v) is 3.62. The first kappa shape index (κ1) is 13.6. The van der Waals surface area contributed by atoms with Gasteiger partial charge in [-0.1, -0.05) is 0 Å². The van der Waals surface area contributed by atoms with E-state index in [4.69, 9.17) is 9.15 Å². The van der Waals surface area contributed by atoms with E-state index in [0.717, 1.165) is 18.4 Å². The van der Waals surface area contributed by atoms with Crippen LogP contribution in [0.15, 0.2) is 10.7 Å². The zero-order valence-electron chi connectivity index (χ0n) is 11.6. The largest absolute Gasteiger partial charge is 0.469 e. The minimum Gasteiger partial charge on any atom is -0.469 e. The Bertz CT molecular complexity index is 472. The van der Waals surface area contributed by atoms with Crippen LogP contribution in [-0.4, -0.2) is 37.0 Å². The molecule has 0 radical (unpaired) electrons. The number of methoxy groups -OCH3 is 1. The Labute approximate surface area is 112 Å². The fourth-order valence-electron chi connectivity index (χ4n) is 2.57. The fraction of sp³-hybridized carbons (Fsp3) is 0.571. The van der Waals surface area contributed by atoms with Gasteiger partial charge in [0.1, 0.15) is 5.76 Å². The maximum Gasteiger partial charge on any atom is 0.310 e. The molecule has 2 rings (SSSR count). The molecule has 0 spiro atoms. The van der Waals surface area contributed by atoms with Crippen molar-refractivity contribution in [3.63, 3.8) is 0 Å². The van der Waals surface area contributed by atoms with Crippen LogP contribution in [0.2, 0.25) is 0 Å². The smallest absolute Gasteiger partial charge is 0.310 e. The van der Waals surface area contributed by atoms with E-state index in [0.29, 0.717) is 24.4 Å². The van der Waals surface area contributed by atoms with E-state index < -0.39 is 0 Å². The molecule has 1 aromatic rings. The van der Waals surface area contributed by atoms with Crippen LogP contribution in [0.5, 0.6) is 0 Å². The van der Waals surface area contributed by atoms with Gasteiger partial charge in [-0.2, -0.15) is 0 Å². The molecule has 5 heteroatoms. The van der Waals surface area contributed by atoms with Crippen LogP contribution in [0.1, 0.15) is 34.5 Å². The van der Waals surface area contributed by atoms with Crippen molar-refractivity contribution in [2.45, 2.75) is 26.7 Å². The highest BCUT2D eigenvalue weighted by molar-refractivity contribution is 5.96. The standard InChI is InChI=1S/C14H19NO4/c1-9-8-19-10(2)12(9)13(16)15-6-4-5-11(7-15)14(17)18-3/h8,11H,4-7H2,1-3H3. The number of aryl methyl sites for hydroxylation is 2. The first-order chi connectivity index (χ1) is 9.04. The Kier molecular flexibility index (Phi) is 3.93. The van der Waals surface area contributed by atoms with Crippen LogP contribution in [0.25, 0.3) is 0 Å². The topological polar surface area (TPSA) is 59.8 Å². The van der Waals surface area contributed by atoms with E-state index >= 15 is 0 Å². The van der Waals surface area contributed by atoms with Crippen molar-refractivity contribution in [3.8, 4) is 0 Å². The molecule has 1 amide bonds. The molecule has 0 N–H and O–H groups in total. The number of esters is 1. The molecule has 1 atom stereocenters. The van der Waals surface area contributed by atoms with Gasteiger partial charge in [0.05, 0.1) is 24.9 Å². The number of likely N-dealkylation sites (tertiary alicyclic amines) is 1. The van der Waals surface area contributed by atoms with Crippen LogP contribution in [0.4, 0.5) is 0 Å². The van der Waals surface area contributed by atoms with Crippen LogP contribution in [-0.2, 0) is 9.53 Å². The zero-order valence-corrected chi connectivity index (χ0v) is 11.6. The van der Waals surface area contributed by atoms with Gasteiger partial charge in [0.15, 0.2) is 0 Å². The Morgan fingerprint density at radius 2 is 2.16 bits per heavy atom. The molecule has 19 heavy (non-hydrogen) atoms. The van der Waals surface area contributed by atoms with Crippen LogP contribution >= 0.6 is 0 Å². The number of furan rings is 1. The number of hydrogen-bond acceptors (Lipinski definition) is 4. The molecular weight excluding hydrogens is 246 g/mol. The van der Waals surface area contributed by atoms with Crippen molar-refractivity contribution in [1.29, 1.82) is 0 Å². The number of ether oxygens (including phenoxy) is 1. The minimum atomic E-state index is -0.238. The van der Waals surface area contributed by atoms with E-state index in [1.165, 1.54) is 7.11 Å². The van der Waals surface area contributed by atoms with Crippen LogP contribution in [0.3, 0.4) is 0 Å². The van der Waals surface area contributed by atoms with Crippen molar-refractivity contribution < 1.29 is 18.7 Å². The third-order valence-electron chi connectivity index (χ3n) is 3.62. The van der Waals surface area contributed by atoms with Gasteiger partial charge in [0.2, 0.25) is 0 Å². The normalized spacial score (nSPS) is 19.3. The van der Waals surface area contributed by atoms with Crippen molar-refractivity contribution >= 4 is 11.9 Å². The molecule has 1 aromatic heterocycles. The van der Waals surface area contributed by atoms with E-state index in [-0.39, 0.29) is 17.8 Å². The Morgan fingerprint density at radius 3 is 2.74 bits per heavy atom. The quantitative estimate of drug-likeness (QED) is 0.766. The van der Waals surface area contributed by atoms with Gasteiger partial charge in [-0.15, -0.1) is 0 Å². The Hall–Kier alpha value is -1.78.